The Morgan fingerprint density at radius 1 is 1.20 bits per heavy atom. The monoisotopic (exact) mass is 358 g/mol. The van der Waals surface area contributed by atoms with Crippen LogP contribution in [0.15, 0.2) is 23.1 Å². The van der Waals surface area contributed by atoms with E-state index in [1.807, 2.05) is 27.7 Å². The fourth-order valence-corrected chi connectivity index (χ4v) is 3.73. The van der Waals surface area contributed by atoms with E-state index in [9.17, 15) is 9.59 Å². The molecule has 1 aliphatic carbocycles. The summed E-state index contributed by atoms with van der Waals surface area (Å²) in [5.41, 5.74) is 0.168. The Balaban J connectivity index is 2.27. The molecule has 1 fully saturated rings. The maximum atomic E-state index is 12.8. The predicted molar refractivity (Wildman–Crippen MR) is 101 cm³/mol. The van der Waals surface area contributed by atoms with Gasteiger partial charge in [-0.05, 0) is 42.8 Å². The second-order valence-electron chi connectivity index (χ2n) is 8.04. The highest BCUT2D eigenvalue weighted by molar-refractivity contribution is 8.13. The van der Waals surface area contributed by atoms with Gasteiger partial charge in [0.25, 0.3) is 0 Å². The van der Waals surface area contributed by atoms with Crippen molar-refractivity contribution in [1.29, 1.82) is 5.26 Å². The van der Waals surface area contributed by atoms with Crippen LogP contribution in [0.25, 0.3) is 0 Å². The van der Waals surface area contributed by atoms with E-state index in [1.54, 1.807) is 18.2 Å². The fourth-order valence-electron chi connectivity index (χ4n) is 2.87. The Kier molecular flexibility index (Phi) is 5.95. The molecule has 5 heteroatoms. The van der Waals surface area contributed by atoms with Crippen molar-refractivity contribution in [2.45, 2.75) is 64.7 Å². The van der Waals surface area contributed by atoms with Crippen LogP contribution in [0.3, 0.4) is 0 Å². The van der Waals surface area contributed by atoms with Gasteiger partial charge in [-0.3, -0.25) is 9.59 Å². The molecular weight excluding hydrogens is 332 g/mol. The average molecular weight is 359 g/mol. The van der Waals surface area contributed by atoms with Crippen molar-refractivity contribution in [1.82, 2.24) is 0 Å². The maximum Gasteiger partial charge on any atom is 0.230 e. The molecule has 0 radical (unpaired) electrons. The summed E-state index contributed by atoms with van der Waals surface area (Å²) in [6, 6.07) is 7.17. The minimum atomic E-state index is -0.477. The predicted octanol–water partition coefficient (Wildman–Crippen LogP) is 5.13. The van der Waals surface area contributed by atoms with Gasteiger partial charge in [-0.15, -0.1) is 0 Å². The van der Waals surface area contributed by atoms with Crippen LogP contribution in [-0.4, -0.2) is 11.0 Å². The number of carbonyl (C=O) groups excluding carboxylic acids is 2. The number of nitrogens with one attached hydrogen (secondary N) is 1. The average Bonchev–Trinajstić information content (AvgIpc) is 2.56. The van der Waals surface area contributed by atoms with Gasteiger partial charge in [0.05, 0.1) is 17.3 Å². The summed E-state index contributed by atoms with van der Waals surface area (Å²) >= 11 is 1.12. The number of carbonyl (C=O) groups is 2. The van der Waals surface area contributed by atoms with E-state index >= 15 is 0 Å². The lowest BCUT2D eigenvalue weighted by Crippen LogP contribution is -2.35. The largest absolute Gasteiger partial charge is 0.325 e. The Labute approximate surface area is 154 Å². The Morgan fingerprint density at radius 3 is 2.40 bits per heavy atom. The molecule has 134 valence electrons. The van der Waals surface area contributed by atoms with Gasteiger partial charge in [-0.25, -0.2) is 0 Å². The van der Waals surface area contributed by atoms with Crippen LogP contribution >= 0.6 is 11.8 Å². The molecule has 0 bridgehead atoms. The number of anilines is 1. The zero-order chi connectivity index (χ0) is 18.7. The molecule has 0 spiro atoms. The molecule has 4 nitrogen and oxygen atoms in total. The number of amides is 1. The van der Waals surface area contributed by atoms with Gasteiger partial charge >= 0.3 is 0 Å². The number of nitrogens with zero attached hydrogens (tertiary/aromatic N) is 1. The van der Waals surface area contributed by atoms with Crippen LogP contribution in [-0.2, 0) is 9.59 Å². The number of benzene rings is 1. The second-order valence-corrected chi connectivity index (χ2v) is 9.05. The molecule has 1 N–H and O–H groups in total. The molecule has 1 aliphatic rings. The zero-order valence-electron chi connectivity index (χ0n) is 15.4. The number of hydrogen-bond donors (Lipinski definition) is 1. The SMILES string of the molecule is CC(C)(C)C(=O)Sc1ccc(C#N)cc1NC(=O)C1(C)CCCCC1. The minimum Gasteiger partial charge on any atom is -0.325 e. The number of rotatable bonds is 3. The zero-order valence-corrected chi connectivity index (χ0v) is 16.3. The van der Waals surface area contributed by atoms with Gasteiger partial charge in [0, 0.05) is 15.7 Å². The Bertz CT molecular complexity index is 707. The molecule has 0 aromatic heterocycles. The smallest absolute Gasteiger partial charge is 0.230 e. The Morgan fingerprint density at radius 2 is 1.84 bits per heavy atom. The van der Waals surface area contributed by atoms with Crippen LogP contribution in [0.4, 0.5) is 5.69 Å². The molecular formula is C20H26N2O2S. The summed E-state index contributed by atoms with van der Waals surface area (Å²) in [6.07, 6.45) is 5.05. The van der Waals surface area contributed by atoms with E-state index < -0.39 is 5.41 Å². The molecule has 1 aromatic carbocycles. The molecule has 1 saturated carbocycles. The van der Waals surface area contributed by atoms with Crippen LogP contribution in [0, 0.1) is 22.2 Å². The lowest BCUT2D eigenvalue weighted by Gasteiger charge is -2.32. The first-order chi connectivity index (χ1) is 11.7. The normalized spacial score (nSPS) is 16.8. The number of hydrogen-bond acceptors (Lipinski definition) is 4. The standard InChI is InChI=1S/C20H26N2O2S/c1-19(2,3)18(24)25-16-9-8-14(13-21)12-15(16)22-17(23)20(4)10-6-5-7-11-20/h8-9,12H,5-7,10-11H2,1-4H3,(H,22,23). The lowest BCUT2D eigenvalue weighted by molar-refractivity contribution is -0.126. The number of nitriles is 1. The van der Waals surface area contributed by atoms with Crippen molar-refractivity contribution < 1.29 is 9.59 Å². The molecule has 0 saturated heterocycles. The van der Waals surface area contributed by atoms with E-state index in [-0.39, 0.29) is 16.4 Å². The van der Waals surface area contributed by atoms with Gasteiger partial charge in [0.2, 0.25) is 5.91 Å². The van der Waals surface area contributed by atoms with Crippen LogP contribution in [0.1, 0.15) is 65.4 Å². The molecule has 0 heterocycles. The van der Waals surface area contributed by atoms with Gasteiger partial charge in [-0.1, -0.05) is 47.0 Å². The van der Waals surface area contributed by atoms with Crippen molar-refractivity contribution in [2.75, 3.05) is 5.32 Å². The van der Waals surface area contributed by atoms with E-state index in [4.69, 9.17) is 5.26 Å². The quantitative estimate of drug-likeness (QED) is 0.760. The molecule has 2 rings (SSSR count). The van der Waals surface area contributed by atoms with Crippen LogP contribution in [0.5, 0.6) is 0 Å². The second kappa shape index (κ2) is 7.61. The molecule has 0 unspecified atom stereocenters. The molecule has 0 aliphatic heterocycles. The summed E-state index contributed by atoms with van der Waals surface area (Å²) in [7, 11) is 0. The van der Waals surface area contributed by atoms with Crippen molar-refractivity contribution in [3.05, 3.63) is 23.8 Å². The third-order valence-electron chi connectivity index (χ3n) is 4.68. The molecule has 1 amide bonds. The fraction of sp³-hybridized carbons (Fsp3) is 0.550. The van der Waals surface area contributed by atoms with E-state index in [1.165, 1.54) is 6.42 Å². The summed E-state index contributed by atoms with van der Waals surface area (Å²) in [4.78, 5) is 25.9. The van der Waals surface area contributed by atoms with E-state index in [2.05, 4.69) is 11.4 Å². The van der Waals surface area contributed by atoms with Gasteiger partial charge in [0.15, 0.2) is 5.12 Å². The first kappa shape index (κ1) is 19.5. The summed E-state index contributed by atoms with van der Waals surface area (Å²) < 4.78 is 0. The summed E-state index contributed by atoms with van der Waals surface area (Å²) in [5, 5.41) is 12.2. The Hall–Kier alpha value is -1.80. The topological polar surface area (TPSA) is 70.0 Å². The van der Waals surface area contributed by atoms with E-state index in [0.717, 1.165) is 37.4 Å². The first-order valence-corrected chi connectivity index (χ1v) is 9.55. The highest BCUT2D eigenvalue weighted by Crippen LogP contribution is 2.39. The molecule has 0 atom stereocenters. The van der Waals surface area contributed by atoms with Crippen molar-refractivity contribution in [3.8, 4) is 6.07 Å². The van der Waals surface area contributed by atoms with Crippen LogP contribution < -0.4 is 5.32 Å². The van der Waals surface area contributed by atoms with Crippen molar-refractivity contribution >= 4 is 28.5 Å². The van der Waals surface area contributed by atoms with Gasteiger partial charge < -0.3 is 5.32 Å². The molecule has 25 heavy (non-hydrogen) atoms. The summed E-state index contributed by atoms with van der Waals surface area (Å²) in [5.74, 6) is -0.0210. The summed E-state index contributed by atoms with van der Waals surface area (Å²) in [6.45, 7) is 7.61. The first-order valence-electron chi connectivity index (χ1n) is 8.74. The lowest BCUT2D eigenvalue weighted by atomic mass is 9.75. The highest BCUT2D eigenvalue weighted by Gasteiger charge is 2.35. The maximum absolute atomic E-state index is 12.8. The van der Waals surface area contributed by atoms with Gasteiger partial charge in [0.1, 0.15) is 0 Å². The van der Waals surface area contributed by atoms with Crippen LogP contribution in [0.2, 0.25) is 0 Å². The highest BCUT2D eigenvalue weighted by atomic mass is 32.2. The van der Waals surface area contributed by atoms with Crippen molar-refractivity contribution in [3.63, 3.8) is 0 Å². The van der Waals surface area contributed by atoms with Gasteiger partial charge in [-0.2, -0.15) is 5.26 Å². The third kappa shape index (κ3) is 4.85. The number of thioether (sulfide) groups is 1. The minimum absolute atomic E-state index is 0.0210. The molecule has 1 aromatic rings. The third-order valence-corrected chi connectivity index (χ3v) is 6.05. The van der Waals surface area contributed by atoms with E-state index in [0.29, 0.717) is 16.1 Å². The van der Waals surface area contributed by atoms with Crippen molar-refractivity contribution in [2.24, 2.45) is 10.8 Å².